The monoisotopic (exact) mass is 414 g/mol. The van der Waals surface area contributed by atoms with Gasteiger partial charge in [-0.15, -0.1) is 0 Å². The molecule has 0 bridgehead atoms. The molecule has 0 saturated heterocycles. The minimum absolute atomic E-state index is 0.224. The van der Waals surface area contributed by atoms with Crippen LogP contribution < -0.4 is 5.32 Å². The van der Waals surface area contributed by atoms with Crippen LogP contribution in [0.25, 0.3) is 22.2 Å². The number of hydrogen-bond donors (Lipinski definition) is 3. The number of nitrogens with zero attached hydrogens (tertiary/aromatic N) is 3. The number of rotatable bonds is 2. The molecule has 0 radical (unpaired) electrons. The first-order chi connectivity index (χ1) is 15.2. The maximum absolute atomic E-state index is 12.5. The molecular weight excluding hydrogens is 391 g/mol. The number of para-hydroxylation sites is 1. The predicted molar refractivity (Wildman–Crippen MR) is 119 cm³/mol. The summed E-state index contributed by atoms with van der Waals surface area (Å²) < 4.78 is 14.4. The van der Waals surface area contributed by atoms with Crippen LogP contribution in [0.4, 0.5) is 4.39 Å². The number of nitrogens with one attached hydrogen (secondary N) is 3. The number of aromatic nitrogens is 5. The van der Waals surface area contributed by atoms with Crippen LogP contribution in [0.5, 0.6) is 0 Å². The Morgan fingerprint density at radius 1 is 1.06 bits per heavy atom. The topological polar surface area (TPSA) is 74.3 Å². The molecule has 0 aliphatic carbocycles. The third-order valence-corrected chi connectivity index (χ3v) is 5.57. The van der Waals surface area contributed by atoms with Crippen LogP contribution in [0.15, 0.2) is 73.4 Å². The fourth-order valence-corrected chi connectivity index (χ4v) is 4.10. The summed E-state index contributed by atoms with van der Waals surface area (Å²) in [5.74, 6) is -0.224. The SMILES string of the molecule is Cn1cc(C2NCCc3c2[nH]c2ccccc32)cn1.Fc1ccc(-c2cnc[nH]2)cc1. The van der Waals surface area contributed by atoms with Crippen molar-refractivity contribution in [2.45, 2.75) is 12.5 Å². The highest BCUT2D eigenvalue weighted by Gasteiger charge is 2.25. The second-order valence-electron chi connectivity index (χ2n) is 7.62. The van der Waals surface area contributed by atoms with E-state index in [-0.39, 0.29) is 11.9 Å². The van der Waals surface area contributed by atoms with Crippen molar-refractivity contribution in [3.63, 3.8) is 0 Å². The highest BCUT2D eigenvalue weighted by molar-refractivity contribution is 5.85. The second kappa shape index (κ2) is 8.20. The van der Waals surface area contributed by atoms with Gasteiger partial charge in [-0.25, -0.2) is 9.37 Å². The molecule has 1 aliphatic rings. The van der Waals surface area contributed by atoms with E-state index < -0.39 is 0 Å². The summed E-state index contributed by atoms with van der Waals surface area (Å²) in [6, 6.07) is 15.0. The van der Waals surface area contributed by atoms with Crippen LogP contribution >= 0.6 is 0 Å². The fourth-order valence-electron chi connectivity index (χ4n) is 4.10. The normalized spacial score (nSPS) is 15.4. The molecule has 2 aromatic carbocycles. The van der Waals surface area contributed by atoms with Crippen LogP contribution in [0, 0.1) is 5.82 Å². The standard InChI is InChI=1S/C15H16N4.C9H7FN2/c1-19-9-10(8-17-19)14-15-12(6-7-16-14)11-4-2-3-5-13(11)18-15;10-8-3-1-7(2-4-8)9-5-11-6-12-9/h2-5,8-9,14,16,18H,6-7H2,1H3;1-6H,(H,11,12). The summed E-state index contributed by atoms with van der Waals surface area (Å²) in [7, 11) is 1.96. The molecular formula is C24H23FN6. The number of fused-ring (bicyclic) bond motifs is 3. The highest BCUT2D eigenvalue weighted by Crippen LogP contribution is 2.33. The Balaban J connectivity index is 0.000000147. The molecule has 1 unspecified atom stereocenters. The van der Waals surface area contributed by atoms with E-state index in [9.17, 15) is 4.39 Å². The van der Waals surface area contributed by atoms with Crippen molar-refractivity contribution in [2.75, 3.05) is 6.54 Å². The summed E-state index contributed by atoms with van der Waals surface area (Å²) in [5, 5.41) is 9.22. The number of benzene rings is 2. The average molecular weight is 414 g/mol. The van der Waals surface area contributed by atoms with E-state index in [0.717, 1.165) is 24.2 Å². The van der Waals surface area contributed by atoms with Crippen molar-refractivity contribution < 1.29 is 4.39 Å². The fraction of sp³-hybridized carbons (Fsp3) is 0.167. The molecule has 0 saturated carbocycles. The van der Waals surface area contributed by atoms with Crippen molar-refractivity contribution >= 4 is 10.9 Å². The summed E-state index contributed by atoms with van der Waals surface area (Å²) >= 11 is 0. The number of aromatic amines is 2. The Hall–Kier alpha value is -3.71. The van der Waals surface area contributed by atoms with E-state index in [1.54, 1.807) is 24.7 Å². The van der Waals surface area contributed by atoms with E-state index in [0.29, 0.717) is 0 Å². The Morgan fingerprint density at radius 2 is 1.90 bits per heavy atom. The molecule has 3 N–H and O–H groups in total. The lowest BCUT2D eigenvalue weighted by Gasteiger charge is -2.23. The smallest absolute Gasteiger partial charge is 0.123 e. The zero-order valence-corrected chi connectivity index (χ0v) is 17.1. The van der Waals surface area contributed by atoms with Gasteiger partial charge in [0.25, 0.3) is 0 Å². The van der Waals surface area contributed by atoms with Crippen molar-refractivity contribution in [3.05, 3.63) is 96.1 Å². The maximum atomic E-state index is 12.5. The maximum Gasteiger partial charge on any atom is 0.123 e. The van der Waals surface area contributed by atoms with Gasteiger partial charge in [-0.3, -0.25) is 4.68 Å². The van der Waals surface area contributed by atoms with E-state index in [2.05, 4.69) is 55.8 Å². The zero-order valence-electron chi connectivity index (χ0n) is 17.1. The molecule has 0 spiro atoms. The Bertz CT molecular complexity index is 1280. The molecule has 4 heterocycles. The van der Waals surface area contributed by atoms with Crippen LogP contribution in [-0.2, 0) is 13.5 Å². The van der Waals surface area contributed by atoms with Crippen LogP contribution in [-0.4, -0.2) is 31.3 Å². The van der Waals surface area contributed by atoms with Gasteiger partial charge < -0.3 is 15.3 Å². The van der Waals surface area contributed by atoms with Gasteiger partial charge in [0, 0.05) is 41.9 Å². The van der Waals surface area contributed by atoms with Crippen molar-refractivity contribution in [1.29, 1.82) is 0 Å². The van der Waals surface area contributed by atoms with Crippen molar-refractivity contribution in [3.8, 4) is 11.3 Å². The van der Waals surface area contributed by atoms with Crippen LogP contribution in [0.3, 0.4) is 0 Å². The number of aryl methyl sites for hydroxylation is 1. The minimum Gasteiger partial charge on any atom is -0.357 e. The third-order valence-electron chi connectivity index (χ3n) is 5.57. The number of hydrogen-bond acceptors (Lipinski definition) is 3. The van der Waals surface area contributed by atoms with Crippen molar-refractivity contribution in [2.24, 2.45) is 7.05 Å². The first-order valence-corrected chi connectivity index (χ1v) is 10.2. The van der Waals surface area contributed by atoms with Gasteiger partial charge >= 0.3 is 0 Å². The average Bonchev–Trinajstić information content (AvgIpc) is 3.54. The van der Waals surface area contributed by atoms with Gasteiger partial charge in [-0.05, 0) is 47.9 Å². The lowest BCUT2D eigenvalue weighted by atomic mass is 9.96. The Kier molecular flexibility index (Phi) is 5.09. The van der Waals surface area contributed by atoms with E-state index in [4.69, 9.17) is 0 Å². The summed E-state index contributed by atoms with van der Waals surface area (Å²) in [6.45, 7) is 1.01. The lowest BCUT2D eigenvalue weighted by molar-refractivity contribution is 0.560. The van der Waals surface area contributed by atoms with E-state index in [1.165, 1.54) is 39.9 Å². The molecule has 7 heteroatoms. The number of imidazole rings is 1. The summed E-state index contributed by atoms with van der Waals surface area (Å²) in [5.41, 5.74) is 7.02. The van der Waals surface area contributed by atoms with Crippen LogP contribution in [0.1, 0.15) is 22.9 Å². The molecule has 6 nitrogen and oxygen atoms in total. The molecule has 6 rings (SSSR count). The first kappa shape index (κ1) is 19.3. The van der Waals surface area contributed by atoms with Crippen molar-refractivity contribution in [1.82, 2.24) is 30.0 Å². The van der Waals surface area contributed by atoms with E-state index in [1.807, 2.05) is 17.9 Å². The molecule has 31 heavy (non-hydrogen) atoms. The third kappa shape index (κ3) is 3.87. The zero-order chi connectivity index (χ0) is 21.2. The summed E-state index contributed by atoms with van der Waals surface area (Å²) in [6.07, 6.45) is 8.40. The van der Waals surface area contributed by atoms with E-state index >= 15 is 0 Å². The van der Waals surface area contributed by atoms with Gasteiger partial charge in [0.05, 0.1) is 30.5 Å². The molecule has 5 aromatic rings. The number of H-pyrrole nitrogens is 2. The molecule has 1 aliphatic heterocycles. The molecule has 156 valence electrons. The Morgan fingerprint density at radius 3 is 2.65 bits per heavy atom. The Labute approximate surface area is 179 Å². The second-order valence-corrected chi connectivity index (χ2v) is 7.62. The molecule has 1 atom stereocenters. The van der Waals surface area contributed by atoms with Crippen LogP contribution in [0.2, 0.25) is 0 Å². The lowest BCUT2D eigenvalue weighted by Crippen LogP contribution is -2.30. The van der Waals surface area contributed by atoms with Gasteiger partial charge in [0.2, 0.25) is 0 Å². The first-order valence-electron chi connectivity index (χ1n) is 10.2. The molecule has 0 fully saturated rings. The molecule has 3 aromatic heterocycles. The number of halogens is 1. The summed E-state index contributed by atoms with van der Waals surface area (Å²) in [4.78, 5) is 10.4. The van der Waals surface area contributed by atoms with Gasteiger partial charge in [0.15, 0.2) is 0 Å². The van der Waals surface area contributed by atoms with Gasteiger partial charge in [0.1, 0.15) is 5.82 Å². The highest BCUT2D eigenvalue weighted by atomic mass is 19.1. The molecule has 0 amide bonds. The quantitative estimate of drug-likeness (QED) is 0.402. The largest absolute Gasteiger partial charge is 0.357 e. The predicted octanol–water partition coefficient (Wildman–Crippen LogP) is 4.35. The van der Waals surface area contributed by atoms with Gasteiger partial charge in [-0.2, -0.15) is 5.10 Å². The minimum atomic E-state index is -0.224. The van der Waals surface area contributed by atoms with Gasteiger partial charge in [-0.1, -0.05) is 18.2 Å².